The molecule has 1 atom stereocenters. The summed E-state index contributed by atoms with van der Waals surface area (Å²) in [4.78, 5) is 12.2. The summed E-state index contributed by atoms with van der Waals surface area (Å²) in [5, 5.41) is 10.9. The largest absolute Gasteiger partial charge is 0.497 e. The van der Waals surface area contributed by atoms with Crippen molar-refractivity contribution >= 4 is 26.9 Å². The fraction of sp³-hybridized carbons (Fsp3) is 0.393. The fourth-order valence-corrected chi connectivity index (χ4v) is 5.82. The Balaban J connectivity index is 1.62. The van der Waals surface area contributed by atoms with Crippen molar-refractivity contribution in [1.82, 2.24) is 9.29 Å². The summed E-state index contributed by atoms with van der Waals surface area (Å²) in [7, 11) is -2.51. The van der Waals surface area contributed by atoms with E-state index in [4.69, 9.17) is 9.47 Å². The maximum Gasteiger partial charge on any atom is 0.322 e. The van der Waals surface area contributed by atoms with Crippen molar-refractivity contribution in [3.8, 4) is 23.3 Å². The van der Waals surface area contributed by atoms with Gasteiger partial charge in [0.15, 0.2) is 0 Å². The molecular weight excluding hydrogens is 492 g/mol. The van der Waals surface area contributed by atoms with E-state index >= 15 is 0 Å². The molecule has 1 saturated carbocycles. The predicted octanol–water partition coefficient (Wildman–Crippen LogP) is 4.13. The van der Waals surface area contributed by atoms with Crippen LogP contribution in [0.5, 0.6) is 11.5 Å². The number of nitrogens with one attached hydrogen (secondary N) is 1. The molecule has 4 rings (SSSR count). The maximum absolute atomic E-state index is 13.1. The number of rotatable bonds is 11. The first kappa shape index (κ1) is 26.6. The van der Waals surface area contributed by atoms with Crippen molar-refractivity contribution < 1.29 is 27.8 Å². The summed E-state index contributed by atoms with van der Waals surface area (Å²) >= 11 is 0. The van der Waals surface area contributed by atoms with Gasteiger partial charge >= 0.3 is 5.97 Å². The molecule has 37 heavy (non-hydrogen) atoms. The molecule has 9 heteroatoms. The number of benzene rings is 2. The number of hydrogen-bond acceptors (Lipinski definition) is 5. The van der Waals surface area contributed by atoms with E-state index in [-0.39, 0.29) is 17.9 Å². The molecule has 1 aliphatic carbocycles. The lowest BCUT2D eigenvalue weighted by atomic mass is 9.85. The van der Waals surface area contributed by atoms with E-state index in [1.807, 2.05) is 25.1 Å². The third-order valence-electron chi connectivity index (χ3n) is 6.95. The summed E-state index contributed by atoms with van der Waals surface area (Å²) in [6.07, 6.45) is 3.58. The predicted molar refractivity (Wildman–Crippen MR) is 141 cm³/mol. The lowest BCUT2D eigenvalue weighted by Crippen LogP contribution is -2.42. The smallest absolute Gasteiger partial charge is 0.322 e. The van der Waals surface area contributed by atoms with E-state index < -0.39 is 22.0 Å². The van der Waals surface area contributed by atoms with Gasteiger partial charge in [-0.15, -0.1) is 5.92 Å². The molecule has 0 radical (unpaired) electrons. The number of fused-ring (bicyclic) bond motifs is 1. The second-order valence-corrected chi connectivity index (χ2v) is 11.0. The van der Waals surface area contributed by atoms with Crippen LogP contribution in [0.25, 0.3) is 10.9 Å². The summed E-state index contributed by atoms with van der Waals surface area (Å²) in [5.41, 5.74) is 2.73. The minimum Gasteiger partial charge on any atom is -0.497 e. The van der Waals surface area contributed by atoms with Gasteiger partial charge in [0.05, 0.1) is 12.0 Å². The number of ether oxygens (including phenoxy) is 2. The van der Waals surface area contributed by atoms with Crippen LogP contribution in [0.3, 0.4) is 0 Å². The number of sulfonamides is 1. The zero-order valence-corrected chi connectivity index (χ0v) is 22.1. The molecule has 1 fully saturated rings. The van der Waals surface area contributed by atoms with E-state index in [0.717, 1.165) is 28.7 Å². The van der Waals surface area contributed by atoms with Gasteiger partial charge in [-0.1, -0.05) is 12.3 Å². The summed E-state index contributed by atoms with van der Waals surface area (Å²) in [5.74, 6) is 5.97. The molecule has 2 N–H and O–H groups in total. The van der Waals surface area contributed by atoms with Gasteiger partial charge in [0, 0.05) is 29.6 Å². The zero-order chi connectivity index (χ0) is 26.6. The average Bonchev–Trinajstić information content (AvgIpc) is 3.11. The molecule has 8 nitrogen and oxygen atoms in total. The fourth-order valence-electron chi connectivity index (χ4n) is 4.63. The second-order valence-electron chi connectivity index (χ2n) is 9.26. The molecule has 196 valence electrons. The van der Waals surface area contributed by atoms with Gasteiger partial charge in [-0.2, -0.15) is 4.72 Å². The molecule has 0 saturated heterocycles. The molecule has 0 spiro atoms. The molecule has 1 heterocycles. The normalized spacial score (nSPS) is 14.5. The van der Waals surface area contributed by atoms with Crippen molar-refractivity contribution in [2.75, 3.05) is 13.7 Å². The first-order valence-corrected chi connectivity index (χ1v) is 13.7. The average molecular weight is 525 g/mol. The quantitative estimate of drug-likeness (QED) is 0.365. The minimum atomic E-state index is -4.10. The maximum atomic E-state index is 13.1. The van der Waals surface area contributed by atoms with Crippen molar-refractivity contribution in [3.05, 3.63) is 53.7 Å². The third-order valence-corrected chi connectivity index (χ3v) is 8.44. The third kappa shape index (κ3) is 5.92. The monoisotopic (exact) mass is 524 g/mol. The first-order chi connectivity index (χ1) is 17.7. The van der Waals surface area contributed by atoms with E-state index in [0.29, 0.717) is 17.4 Å². The Morgan fingerprint density at radius 3 is 2.49 bits per heavy atom. The molecule has 1 aromatic heterocycles. The van der Waals surface area contributed by atoms with Gasteiger partial charge in [0.2, 0.25) is 10.0 Å². The number of aliphatic carboxylic acids is 1. The summed E-state index contributed by atoms with van der Waals surface area (Å²) in [6, 6.07) is 10.2. The number of aromatic nitrogens is 1. The van der Waals surface area contributed by atoms with Crippen LogP contribution in [0.15, 0.2) is 47.4 Å². The van der Waals surface area contributed by atoms with Crippen LogP contribution in [-0.4, -0.2) is 43.8 Å². The molecule has 0 unspecified atom stereocenters. The van der Waals surface area contributed by atoms with Crippen molar-refractivity contribution in [3.63, 3.8) is 0 Å². The van der Waals surface area contributed by atoms with E-state index in [1.54, 1.807) is 14.0 Å². The highest BCUT2D eigenvalue weighted by molar-refractivity contribution is 7.89. The Morgan fingerprint density at radius 1 is 1.19 bits per heavy atom. The van der Waals surface area contributed by atoms with Gasteiger partial charge in [-0.05, 0) is 80.6 Å². The Labute approximate surface area is 217 Å². The first-order valence-electron chi connectivity index (χ1n) is 12.3. The van der Waals surface area contributed by atoms with Gasteiger partial charge in [-0.3, -0.25) is 4.79 Å². The Morgan fingerprint density at radius 2 is 1.89 bits per heavy atom. The van der Waals surface area contributed by atoms with Gasteiger partial charge in [0.25, 0.3) is 0 Å². The number of hydrogen-bond donors (Lipinski definition) is 2. The second kappa shape index (κ2) is 11.3. The number of nitrogens with zero attached hydrogens (tertiary/aromatic N) is 1. The number of methoxy groups -OCH3 is 1. The van der Waals surface area contributed by atoms with Gasteiger partial charge in [-0.25, -0.2) is 8.42 Å². The van der Waals surface area contributed by atoms with Crippen LogP contribution in [-0.2, 0) is 27.8 Å². The van der Waals surface area contributed by atoms with Gasteiger partial charge in [0.1, 0.15) is 24.1 Å². The SMILES string of the molecule is CC#CCOc1ccc(S(=O)(=O)N[C@@H](Cc2c(C)n(CC3CCC3)c3ccc(OC)cc23)C(=O)O)cc1. The highest BCUT2D eigenvalue weighted by Gasteiger charge is 2.29. The topological polar surface area (TPSA) is 107 Å². The number of carbonyl (C=O) groups is 1. The Hall–Kier alpha value is -3.48. The zero-order valence-electron chi connectivity index (χ0n) is 21.3. The molecule has 0 amide bonds. The lowest BCUT2D eigenvalue weighted by molar-refractivity contribution is -0.138. The number of carboxylic acid groups (broad SMARTS) is 1. The van der Waals surface area contributed by atoms with Gasteiger partial charge < -0.3 is 19.1 Å². The van der Waals surface area contributed by atoms with Crippen molar-refractivity contribution in [2.24, 2.45) is 5.92 Å². The molecule has 3 aromatic rings. The Kier molecular flexibility index (Phi) is 8.10. The van der Waals surface area contributed by atoms with Crippen LogP contribution in [0.1, 0.15) is 37.4 Å². The van der Waals surface area contributed by atoms with E-state index in [9.17, 15) is 18.3 Å². The Bertz CT molecular complexity index is 1440. The summed E-state index contributed by atoms with van der Waals surface area (Å²) < 4.78 is 41.6. The summed E-state index contributed by atoms with van der Waals surface area (Å²) in [6.45, 7) is 4.72. The highest BCUT2D eigenvalue weighted by atomic mass is 32.2. The van der Waals surface area contributed by atoms with Crippen LogP contribution < -0.4 is 14.2 Å². The van der Waals surface area contributed by atoms with Crippen LogP contribution in [0.4, 0.5) is 0 Å². The van der Waals surface area contributed by atoms with Crippen molar-refractivity contribution in [1.29, 1.82) is 0 Å². The molecule has 0 aliphatic heterocycles. The van der Waals surface area contributed by atoms with E-state index in [2.05, 4.69) is 21.1 Å². The van der Waals surface area contributed by atoms with Crippen LogP contribution in [0.2, 0.25) is 0 Å². The van der Waals surface area contributed by atoms with Crippen LogP contribution in [0, 0.1) is 24.7 Å². The minimum absolute atomic E-state index is 0.00138. The standard InChI is InChI=1S/C28H32N2O6S/c1-4-5-15-36-21-9-12-23(13-10-21)37(33,34)29-26(28(31)32)17-24-19(2)30(18-20-7-6-8-20)27-14-11-22(35-3)16-25(24)27/h9-14,16,20,26,29H,6-8,15,17-18H2,1-3H3,(H,31,32)/t26-/m0/s1. The lowest BCUT2D eigenvalue weighted by Gasteiger charge is -2.27. The van der Waals surface area contributed by atoms with Crippen molar-refractivity contribution in [2.45, 2.75) is 57.0 Å². The molecular formula is C28H32N2O6S. The number of carboxylic acids is 1. The van der Waals surface area contributed by atoms with E-state index in [1.165, 1.54) is 43.5 Å². The van der Waals surface area contributed by atoms with Crippen LogP contribution >= 0.6 is 0 Å². The molecule has 0 bridgehead atoms. The molecule has 1 aliphatic rings. The highest BCUT2D eigenvalue weighted by Crippen LogP contribution is 2.35. The molecule has 2 aromatic carbocycles.